The van der Waals surface area contributed by atoms with Gasteiger partial charge in [-0.2, -0.15) is 0 Å². The van der Waals surface area contributed by atoms with Crippen LogP contribution in [0.4, 0.5) is 0 Å². The molecule has 0 unspecified atom stereocenters. The Morgan fingerprint density at radius 2 is 2.27 bits per heavy atom. The minimum absolute atomic E-state index is 0.147. The van der Waals surface area contributed by atoms with Crippen molar-refractivity contribution < 1.29 is 18.7 Å². The first kappa shape index (κ1) is 14.9. The molecule has 2 aromatic rings. The molecule has 1 amide bonds. The van der Waals surface area contributed by atoms with Gasteiger partial charge in [0.15, 0.2) is 11.0 Å². The minimum Gasteiger partial charge on any atom is -0.481 e. The van der Waals surface area contributed by atoms with Crippen LogP contribution in [0.2, 0.25) is 5.22 Å². The Hall–Kier alpha value is -2.05. The molecule has 0 bridgehead atoms. The molecule has 0 radical (unpaired) electrons. The topological polar surface area (TPSA) is 73.6 Å². The second-order valence-electron chi connectivity index (χ2n) is 4.90. The monoisotopic (exact) mass is 322 g/mol. The van der Waals surface area contributed by atoms with Gasteiger partial charge in [0.2, 0.25) is 5.88 Å². The van der Waals surface area contributed by atoms with E-state index in [1.165, 1.54) is 12.1 Å². The highest BCUT2D eigenvalue weighted by atomic mass is 35.5. The number of nitrogens with one attached hydrogen (secondary N) is 1. The van der Waals surface area contributed by atoms with E-state index >= 15 is 0 Å². The van der Waals surface area contributed by atoms with Crippen molar-refractivity contribution >= 4 is 17.5 Å². The van der Waals surface area contributed by atoms with Crippen LogP contribution in [0.1, 0.15) is 28.6 Å². The summed E-state index contributed by atoms with van der Waals surface area (Å²) in [5.74, 6) is 0.407. The Kier molecular flexibility index (Phi) is 4.31. The van der Waals surface area contributed by atoms with Crippen molar-refractivity contribution in [2.24, 2.45) is 0 Å². The highest BCUT2D eigenvalue weighted by molar-refractivity contribution is 6.29. The number of amides is 1. The first-order valence-electron chi connectivity index (χ1n) is 6.85. The number of carbonyl (C=O) groups excluding carboxylic acids is 1. The van der Waals surface area contributed by atoms with E-state index in [9.17, 15) is 4.79 Å². The molecule has 2 atom stereocenters. The van der Waals surface area contributed by atoms with Gasteiger partial charge in [0, 0.05) is 24.4 Å². The second kappa shape index (κ2) is 6.37. The Bertz CT molecular complexity index is 656. The number of ether oxygens (including phenoxy) is 2. The van der Waals surface area contributed by atoms with E-state index in [1.54, 1.807) is 19.4 Å². The van der Waals surface area contributed by atoms with Gasteiger partial charge in [-0.05, 0) is 36.2 Å². The maximum Gasteiger partial charge on any atom is 0.287 e. The average Bonchev–Trinajstić information content (AvgIpc) is 3.16. The van der Waals surface area contributed by atoms with Crippen molar-refractivity contribution in [1.29, 1.82) is 0 Å². The van der Waals surface area contributed by atoms with Crippen LogP contribution in [0.25, 0.3) is 0 Å². The van der Waals surface area contributed by atoms with Crippen LogP contribution in [0.5, 0.6) is 5.88 Å². The lowest BCUT2D eigenvalue weighted by Crippen LogP contribution is -2.36. The maximum atomic E-state index is 12.1. The van der Waals surface area contributed by atoms with Gasteiger partial charge in [0.25, 0.3) is 5.91 Å². The van der Waals surface area contributed by atoms with Crippen LogP contribution < -0.4 is 10.1 Å². The van der Waals surface area contributed by atoms with Crippen molar-refractivity contribution in [2.75, 3.05) is 13.7 Å². The molecule has 0 saturated carbocycles. The largest absolute Gasteiger partial charge is 0.481 e. The lowest BCUT2D eigenvalue weighted by atomic mass is 10.0. The number of furan rings is 1. The zero-order valence-corrected chi connectivity index (χ0v) is 12.7. The third-order valence-corrected chi connectivity index (χ3v) is 3.71. The van der Waals surface area contributed by atoms with Crippen LogP contribution in [-0.4, -0.2) is 30.6 Å². The summed E-state index contributed by atoms with van der Waals surface area (Å²) in [6, 6.07) is 6.57. The highest BCUT2D eigenvalue weighted by Crippen LogP contribution is 2.29. The number of hydrogen-bond donors (Lipinski definition) is 1. The third kappa shape index (κ3) is 3.08. The highest BCUT2D eigenvalue weighted by Gasteiger charge is 2.32. The summed E-state index contributed by atoms with van der Waals surface area (Å²) in [6.45, 7) is 0.570. The van der Waals surface area contributed by atoms with Crippen molar-refractivity contribution in [1.82, 2.24) is 10.3 Å². The molecule has 2 aromatic heterocycles. The molecule has 7 heteroatoms. The van der Waals surface area contributed by atoms with Gasteiger partial charge in [-0.15, -0.1) is 0 Å². The standard InChI is InChI=1S/C15H15ClN2O4/c1-20-13-5-2-9(8-17-13)14-10(6-7-21-14)18-15(19)11-3-4-12(16)22-11/h2-5,8,10,14H,6-7H2,1H3,(H,18,19)/t10-,14+/m0/s1. The van der Waals surface area contributed by atoms with Crippen molar-refractivity contribution in [2.45, 2.75) is 18.6 Å². The molecule has 22 heavy (non-hydrogen) atoms. The quantitative estimate of drug-likeness (QED) is 0.936. The van der Waals surface area contributed by atoms with Crippen LogP contribution in [0, 0.1) is 0 Å². The summed E-state index contributed by atoms with van der Waals surface area (Å²) in [6.07, 6.45) is 2.17. The number of aromatic nitrogens is 1. The summed E-state index contributed by atoms with van der Waals surface area (Å²) in [5, 5.41) is 3.09. The van der Waals surface area contributed by atoms with E-state index in [1.807, 2.05) is 6.07 Å². The zero-order chi connectivity index (χ0) is 15.5. The Labute approximate surface area is 132 Å². The molecule has 3 heterocycles. The maximum absolute atomic E-state index is 12.1. The predicted octanol–water partition coefficient (Wildman–Crippen LogP) is 2.60. The van der Waals surface area contributed by atoms with Crippen LogP contribution in [0.15, 0.2) is 34.9 Å². The number of carbonyl (C=O) groups is 1. The van der Waals surface area contributed by atoms with Gasteiger partial charge in [0.05, 0.1) is 13.2 Å². The Morgan fingerprint density at radius 1 is 1.41 bits per heavy atom. The van der Waals surface area contributed by atoms with Crippen LogP contribution >= 0.6 is 11.6 Å². The molecule has 0 aromatic carbocycles. The van der Waals surface area contributed by atoms with E-state index in [0.29, 0.717) is 12.5 Å². The fourth-order valence-electron chi connectivity index (χ4n) is 2.42. The Morgan fingerprint density at radius 3 is 2.91 bits per heavy atom. The van der Waals surface area contributed by atoms with Crippen LogP contribution in [-0.2, 0) is 4.74 Å². The first-order valence-corrected chi connectivity index (χ1v) is 7.23. The lowest BCUT2D eigenvalue weighted by molar-refractivity contribution is 0.0800. The van der Waals surface area contributed by atoms with Crippen molar-refractivity contribution in [3.05, 3.63) is 47.0 Å². The van der Waals surface area contributed by atoms with E-state index in [-0.39, 0.29) is 29.0 Å². The van der Waals surface area contributed by atoms with E-state index < -0.39 is 0 Å². The zero-order valence-electron chi connectivity index (χ0n) is 11.9. The Balaban J connectivity index is 1.71. The number of pyridine rings is 1. The average molecular weight is 323 g/mol. The first-order chi connectivity index (χ1) is 10.7. The summed E-state index contributed by atoms with van der Waals surface area (Å²) in [7, 11) is 1.56. The van der Waals surface area contributed by atoms with Gasteiger partial charge < -0.3 is 19.2 Å². The molecular weight excluding hydrogens is 308 g/mol. The summed E-state index contributed by atoms with van der Waals surface area (Å²) >= 11 is 5.68. The summed E-state index contributed by atoms with van der Waals surface area (Å²) in [4.78, 5) is 16.3. The van der Waals surface area contributed by atoms with Crippen LogP contribution in [0.3, 0.4) is 0 Å². The molecule has 1 N–H and O–H groups in total. The number of methoxy groups -OCH3 is 1. The molecule has 1 aliphatic heterocycles. The lowest BCUT2D eigenvalue weighted by Gasteiger charge is -2.19. The fraction of sp³-hybridized carbons (Fsp3) is 0.333. The minimum atomic E-state index is -0.311. The molecule has 1 aliphatic rings. The SMILES string of the molecule is COc1ccc([C@H]2OCC[C@@H]2NC(=O)c2ccc(Cl)o2)cn1. The molecule has 116 valence electrons. The predicted molar refractivity (Wildman–Crippen MR) is 79.1 cm³/mol. The normalized spacial score (nSPS) is 20.8. The molecule has 0 aliphatic carbocycles. The molecule has 0 spiro atoms. The molecular formula is C15H15ClN2O4. The van der Waals surface area contributed by atoms with Crippen molar-refractivity contribution in [3.8, 4) is 5.88 Å². The summed E-state index contributed by atoms with van der Waals surface area (Å²) < 4.78 is 15.9. The van der Waals surface area contributed by atoms with Crippen molar-refractivity contribution in [3.63, 3.8) is 0 Å². The molecule has 1 fully saturated rings. The summed E-state index contributed by atoms with van der Waals surface area (Å²) in [5.41, 5.74) is 0.890. The molecule has 1 saturated heterocycles. The van der Waals surface area contributed by atoms with E-state index in [0.717, 1.165) is 12.0 Å². The van der Waals surface area contributed by atoms with E-state index in [2.05, 4.69) is 10.3 Å². The number of hydrogen-bond acceptors (Lipinski definition) is 5. The number of halogens is 1. The van der Waals surface area contributed by atoms with Gasteiger partial charge >= 0.3 is 0 Å². The van der Waals surface area contributed by atoms with Gasteiger partial charge in [0.1, 0.15) is 6.10 Å². The fourth-order valence-corrected chi connectivity index (χ4v) is 2.57. The molecule has 3 rings (SSSR count). The van der Waals surface area contributed by atoms with Gasteiger partial charge in [-0.25, -0.2) is 4.98 Å². The molecule has 6 nitrogen and oxygen atoms in total. The smallest absolute Gasteiger partial charge is 0.287 e. The number of rotatable bonds is 4. The third-order valence-electron chi connectivity index (χ3n) is 3.50. The van der Waals surface area contributed by atoms with Gasteiger partial charge in [-0.3, -0.25) is 4.79 Å². The number of nitrogens with zero attached hydrogens (tertiary/aromatic N) is 1. The second-order valence-corrected chi connectivity index (χ2v) is 5.27. The van der Waals surface area contributed by atoms with E-state index in [4.69, 9.17) is 25.5 Å². The van der Waals surface area contributed by atoms with Gasteiger partial charge in [-0.1, -0.05) is 0 Å².